The van der Waals surface area contributed by atoms with Gasteiger partial charge in [0.15, 0.2) is 5.13 Å². The molecule has 148 valence electrons. The molecule has 0 spiro atoms. The Hall–Kier alpha value is -2.48. The normalized spacial score (nSPS) is 19.8. The Morgan fingerprint density at radius 1 is 1.21 bits per heavy atom. The summed E-state index contributed by atoms with van der Waals surface area (Å²) < 4.78 is 1.06. The van der Waals surface area contributed by atoms with E-state index >= 15 is 0 Å². The second-order valence-corrected chi connectivity index (χ2v) is 8.78. The summed E-state index contributed by atoms with van der Waals surface area (Å²) in [6.45, 7) is 7.00. The van der Waals surface area contributed by atoms with Gasteiger partial charge in [-0.3, -0.25) is 14.4 Å². The van der Waals surface area contributed by atoms with E-state index in [-0.39, 0.29) is 29.7 Å². The van der Waals surface area contributed by atoms with Crippen molar-refractivity contribution in [1.29, 1.82) is 0 Å². The summed E-state index contributed by atoms with van der Waals surface area (Å²) in [5.74, 6) is -0.437. The van der Waals surface area contributed by atoms with Crippen LogP contribution in [0.2, 0.25) is 0 Å². The third-order valence-electron chi connectivity index (χ3n) is 5.57. The van der Waals surface area contributed by atoms with Crippen LogP contribution in [-0.4, -0.2) is 58.2 Å². The first-order chi connectivity index (χ1) is 13.3. The van der Waals surface area contributed by atoms with Crippen molar-refractivity contribution in [1.82, 2.24) is 14.8 Å². The highest BCUT2D eigenvalue weighted by molar-refractivity contribution is 7.22. The maximum Gasteiger partial charge on any atom is 0.245 e. The van der Waals surface area contributed by atoms with Gasteiger partial charge < -0.3 is 15.1 Å². The fraction of sp³-hybridized carbons (Fsp3) is 0.500. The molecule has 0 unspecified atom stereocenters. The summed E-state index contributed by atoms with van der Waals surface area (Å²) in [7, 11) is 0. The lowest BCUT2D eigenvalue weighted by molar-refractivity contribution is -0.149. The second kappa shape index (κ2) is 7.16. The minimum absolute atomic E-state index is 0.0390. The van der Waals surface area contributed by atoms with E-state index in [1.165, 1.54) is 23.8 Å². The van der Waals surface area contributed by atoms with Gasteiger partial charge in [-0.25, -0.2) is 4.98 Å². The largest absolute Gasteiger partial charge is 0.339 e. The number of carbonyl (C=O) groups excluding carboxylic acids is 3. The van der Waals surface area contributed by atoms with E-state index in [2.05, 4.69) is 22.4 Å². The lowest BCUT2D eigenvalue weighted by Gasteiger charge is -2.40. The third kappa shape index (κ3) is 3.37. The van der Waals surface area contributed by atoms with Gasteiger partial charge in [-0.15, -0.1) is 0 Å². The molecular weight excluding hydrogens is 376 g/mol. The van der Waals surface area contributed by atoms with Gasteiger partial charge in [0.25, 0.3) is 0 Å². The first-order valence-electron chi connectivity index (χ1n) is 9.58. The summed E-state index contributed by atoms with van der Waals surface area (Å²) in [6, 6.07) is 3.79. The van der Waals surface area contributed by atoms with Gasteiger partial charge in [-0.2, -0.15) is 0 Å². The number of hydrogen-bond acceptors (Lipinski definition) is 5. The molecule has 1 aromatic carbocycles. The molecule has 1 atom stereocenters. The highest BCUT2D eigenvalue weighted by Gasteiger charge is 2.42. The predicted molar refractivity (Wildman–Crippen MR) is 108 cm³/mol. The van der Waals surface area contributed by atoms with E-state index in [0.717, 1.165) is 22.2 Å². The zero-order valence-electron chi connectivity index (χ0n) is 16.3. The van der Waals surface area contributed by atoms with Gasteiger partial charge in [0.2, 0.25) is 17.7 Å². The molecule has 2 aliphatic rings. The smallest absolute Gasteiger partial charge is 0.245 e. The number of fused-ring (bicyclic) bond motifs is 1. The van der Waals surface area contributed by atoms with Crippen molar-refractivity contribution in [3.05, 3.63) is 23.3 Å². The molecule has 4 rings (SSSR count). The summed E-state index contributed by atoms with van der Waals surface area (Å²) in [5.41, 5.74) is 3.19. The van der Waals surface area contributed by atoms with Gasteiger partial charge in [-0.05, 0) is 43.9 Å². The van der Waals surface area contributed by atoms with Crippen LogP contribution in [0.15, 0.2) is 12.1 Å². The van der Waals surface area contributed by atoms with E-state index < -0.39 is 0 Å². The quantitative estimate of drug-likeness (QED) is 0.857. The number of hydrogen-bond donors (Lipinski definition) is 1. The Balaban J connectivity index is 1.36. The van der Waals surface area contributed by atoms with Crippen LogP contribution in [0.4, 0.5) is 5.13 Å². The number of aromatic nitrogens is 1. The molecule has 2 fully saturated rings. The zero-order chi connectivity index (χ0) is 20.0. The predicted octanol–water partition coefficient (Wildman–Crippen LogP) is 2.32. The Kier molecular flexibility index (Phi) is 4.82. The van der Waals surface area contributed by atoms with Crippen molar-refractivity contribution >= 4 is 44.4 Å². The number of aryl methyl sites for hydroxylation is 2. The maximum atomic E-state index is 12.6. The third-order valence-corrected chi connectivity index (χ3v) is 6.48. The fourth-order valence-electron chi connectivity index (χ4n) is 4.07. The average molecular weight is 401 g/mol. The molecule has 0 saturated carbocycles. The van der Waals surface area contributed by atoms with E-state index in [9.17, 15) is 14.4 Å². The molecule has 0 bridgehead atoms. The number of likely N-dealkylation sites (tertiary alicyclic amines) is 2. The number of benzene rings is 1. The number of thiazole rings is 1. The summed E-state index contributed by atoms with van der Waals surface area (Å²) in [5, 5.41) is 3.50. The Morgan fingerprint density at radius 2 is 1.96 bits per heavy atom. The maximum absolute atomic E-state index is 12.6. The van der Waals surface area contributed by atoms with Crippen molar-refractivity contribution < 1.29 is 14.4 Å². The molecule has 3 amide bonds. The van der Waals surface area contributed by atoms with Gasteiger partial charge in [0, 0.05) is 26.6 Å². The number of nitrogens with one attached hydrogen (secondary N) is 1. The summed E-state index contributed by atoms with van der Waals surface area (Å²) in [6.07, 6.45) is 1.56. The van der Waals surface area contributed by atoms with E-state index in [4.69, 9.17) is 0 Å². The van der Waals surface area contributed by atoms with Crippen molar-refractivity contribution in [2.75, 3.05) is 25.0 Å². The van der Waals surface area contributed by atoms with Gasteiger partial charge in [0.1, 0.15) is 6.04 Å². The van der Waals surface area contributed by atoms with Crippen LogP contribution in [0.5, 0.6) is 0 Å². The summed E-state index contributed by atoms with van der Waals surface area (Å²) >= 11 is 1.47. The lowest BCUT2D eigenvalue weighted by Crippen LogP contribution is -2.58. The molecule has 0 aliphatic carbocycles. The highest BCUT2D eigenvalue weighted by atomic mass is 32.1. The number of carbonyl (C=O) groups is 3. The zero-order valence-corrected chi connectivity index (χ0v) is 17.1. The Bertz CT molecular complexity index is 964. The Labute approximate surface area is 167 Å². The van der Waals surface area contributed by atoms with Crippen molar-refractivity contribution in [3.63, 3.8) is 0 Å². The molecule has 2 aliphatic heterocycles. The molecule has 2 aromatic rings. The van der Waals surface area contributed by atoms with Crippen LogP contribution in [0, 0.1) is 19.8 Å². The molecule has 0 radical (unpaired) electrons. The first-order valence-corrected chi connectivity index (χ1v) is 10.4. The van der Waals surface area contributed by atoms with Crippen LogP contribution in [-0.2, 0) is 14.4 Å². The molecule has 8 heteroatoms. The van der Waals surface area contributed by atoms with Crippen LogP contribution in [0.1, 0.15) is 30.9 Å². The topological polar surface area (TPSA) is 82.6 Å². The molecule has 3 heterocycles. The van der Waals surface area contributed by atoms with Gasteiger partial charge >= 0.3 is 0 Å². The number of anilines is 1. The van der Waals surface area contributed by atoms with Crippen LogP contribution in [0.3, 0.4) is 0 Å². The van der Waals surface area contributed by atoms with Gasteiger partial charge in [-0.1, -0.05) is 17.4 Å². The fourth-order valence-corrected chi connectivity index (χ4v) is 5.11. The van der Waals surface area contributed by atoms with E-state index in [1.54, 1.807) is 9.80 Å². The molecule has 1 aromatic heterocycles. The van der Waals surface area contributed by atoms with Gasteiger partial charge in [0.05, 0.1) is 16.1 Å². The van der Waals surface area contributed by atoms with Crippen LogP contribution in [0.25, 0.3) is 10.2 Å². The van der Waals surface area contributed by atoms with E-state index in [1.807, 2.05) is 13.8 Å². The molecular formula is C20H24N4O3S. The average Bonchev–Trinajstić information content (AvgIpc) is 3.19. The van der Waals surface area contributed by atoms with E-state index in [0.29, 0.717) is 31.2 Å². The monoisotopic (exact) mass is 400 g/mol. The molecule has 28 heavy (non-hydrogen) atoms. The molecule has 2 saturated heterocycles. The van der Waals surface area contributed by atoms with Crippen molar-refractivity contribution in [3.8, 4) is 0 Å². The minimum atomic E-state index is -0.364. The number of rotatable bonds is 3. The number of nitrogens with zero attached hydrogens (tertiary/aromatic N) is 3. The van der Waals surface area contributed by atoms with Crippen molar-refractivity contribution in [2.24, 2.45) is 5.92 Å². The highest BCUT2D eigenvalue weighted by Crippen LogP contribution is 2.30. The summed E-state index contributed by atoms with van der Waals surface area (Å²) in [4.78, 5) is 44.7. The Morgan fingerprint density at radius 3 is 2.68 bits per heavy atom. The van der Waals surface area contributed by atoms with Crippen molar-refractivity contribution in [2.45, 2.75) is 39.7 Å². The van der Waals surface area contributed by atoms with Crippen LogP contribution < -0.4 is 5.32 Å². The minimum Gasteiger partial charge on any atom is -0.339 e. The number of amides is 3. The molecule has 1 N–H and O–H groups in total. The SMILES string of the molecule is CC(=O)N1CCC[C@H]1C(=O)N1CC(C(=O)Nc2nc3c(C)cc(C)cc3s2)C1. The lowest BCUT2D eigenvalue weighted by atomic mass is 9.97. The first kappa shape index (κ1) is 18.9. The molecule has 7 nitrogen and oxygen atoms in total. The van der Waals surface area contributed by atoms with Crippen LogP contribution >= 0.6 is 11.3 Å². The standard InChI is InChI=1S/C20H24N4O3S/c1-11-7-12(2)17-16(8-11)28-20(21-17)22-18(26)14-9-23(10-14)19(27)15-5-4-6-24(15)13(3)25/h7-8,14-15H,4-6,9-10H2,1-3H3,(H,21,22,26)/t15-/m0/s1. The second-order valence-electron chi connectivity index (χ2n) is 7.75.